The van der Waals surface area contributed by atoms with Crippen molar-refractivity contribution >= 4 is 0 Å². The Kier molecular flexibility index (Phi) is 4.39. The summed E-state index contributed by atoms with van der Waals surface area (Å²) >= 11 is 0. The van der Waals surface area contributed by atoms with Crippen molar-refractivity contribution in [2.45, 2.75) is 31.8 Å². The largest absolute Gasteiger partial charge is 0.265 e. The van der Waals surface area contributed by atoms with Crippen LogP contribution in [0.3, 0.4) is 0 Å². The molecule has 0 amide bonds. The lowest BCUT2D eigenvalue weighted by Gasteiger charge is -1.86. The molecule has 0 aromatic carbocycles. The van der Waals surface area contributed by atoms with E-state index in [-0.39, 0.29) is 6.10 Å². The van der Waals surface area contributed by atoms with Gasteiger partial charge >= 0.3 is 0 Å². The molecule has 0 unspecified atom stereocenters. The molecule has 1 fully saturated rings. The van der Waals surface area contributed by atoms with Crippen molar-refractivity contribution in [3.63, 3.8) is 0 Å². The van der Waals surface area contributed by atoms with Gasteiger partial charge in [-0.3, -0.25) is 4.98 Å². The molecule has 12 heavy (non-hydrogen) atoms. The topological polar surface area (TPSA) is 32.8 Å². The summed E-state index contributed by atoms with van der Waals surface area (Å²) in [4.78, 5) is 3.78. The number of pyridine rings is 1. The third-order valence-corrected chi connectivity index (χ3v) is 1.87. The molecule has 0 bridgehead atoms. The number of aromatic nitrogens is 1. The van der Waals surface area contributed by atoms with E-state index in [1.165, 1.54) is 12.8 Å². The van der Waals surface area contributed by atoms with Crippen LogP contribution in [0, 0.1) is 0 Å². The molecule has 1 aromatic rings. The molecule has 2 heteroatoms. The molecule has 2 nitrogen and oxygen atoms in total. The monoisotopic (exact) mass is 164 g/mol. The fourth-order valence-electron chi connectivity index (χ4n) is 1.20. The first-order valence-electron chi connectivity index (χ1n) is 4.40. The zero-order valence-electron chi connectivity index (χ0n) is 7.15. The second-order valence-corrected chi connectivity index (χ2v) is 2.93. The van der Waals surface area contributed by atoms with Crippen LogP contribution < -0.4 is 0 Å². The summed E-state index contributed by atoms with van der Waals surface area (Å²) in [7, 11) is 0. The molecule has 1 radical (unpaired) electrons. The van der Waals surface area contributed by atoms with Gasteiger partial charge < -0.3 is 0 Å². The van der Waals surface area contributed by atoms with Crippen LogP contribution in [0.4, 0.5) is 0 Å². The molecule has 0 spiro atoms. The van der Waals surface area contributed by atoms with Crippen molar-refractivity contribution in [2.75, 3.05) is 0 Å². The molecule has 1 aliphatic rings. The Morgan fingerprint density at radius 1 is 1.00 bits per heavy atom. The predicted molar refractivity (Wildman–Crippen MR) is 47.2 cm³/mol. The van der Waals surface area contributed by atoms with Crippen LogP contribution in [-0.2, 0) is 5.11 Å². The molecular weight excluding hydrogens is 150 g/mol. The highest BCUT2D eigenvalue weighted by Crippen LogP contribution is 2.17. The van der Waals surface area contributed by atoms with E-state index in [9.17, 15) is 5.11 Å². The Morgan fingerprint density at radius 3 is 1.75 bits per heavy atom. The number of hydrogen-bond acceptors (Lipinski definition) is 1. The second kappa shape index (κ2) is 5.72. The van der Waals surface area contributed by atoms with Gasteiger partial charge in [-0.15, -0.1) is 0 Å². The first-order valence-corrected chi connectivity index (χ1v) is 4.40. The Hall–Kier alpha value is -0.890. The zero-order chi connectivity index (χ0) is 8.65. The van der Waals surface area contributed by atoms with Gasteiger partial charge in [0.25, 0.3) is 0 Å². The van der Waals surface area contributed by atoms with Gasteiger partial charge in [-0.25, -0.2) is 5.11 Å². The maximum absolute atomic E-state index is 10.3. The van der Waals surface area contributed by atoms with E-state index < -0.39 is 0 Å². The first-order chi connectivity index (χ1) is 5.89. The molecule has 0 N–H and O–H groups in total. The maximum atomic E-state index is 10.3. The van der Waals surface area contributed by atoms with E-state index in [1.54, 1.807) is 12.4 Å². The van der Waals surface area contributed by atoms with Crippen LogP contribution in [-0.4, -0.2) is 11.1 Å². The molecule has 1 saturated carbocycles. The van der Waals surface area contributed by atoms with Crippen LogP contribution in [0.1, 0.15) is 25.7 Å². The van der Waals surface area contributed by atoms with Gasteiger partial charge in [0.1, 0.15) is 0 Å². The molecule has 0 saturated heterocycles. The Labute approximate surface area is 73.3 Å². The van der Waals surface area contributed by atoms with Crippen molar-refractivity contribution in [1.29, 1.82) is 0 Å². The van der Waals surface area contributed by atoms with Crippen molar-refractivity contribution in [3.05, 3.63) is 30.6 Å². The minimum atomic E-state index is -0.204. The minimum Gasteiger partial charge on any atom is -0.265 e. The Balaban J connectivity index is 0.000000120. The van der Waals surface area contributed by atoms with Gasteiger partial charge in [-0.2, -0.15) is 0 Å². The first kappa shape index (κ1) is 9.20. The van der Waals surface area contributed by atoms with Crippen molar-refractivity contribution in [3.8, 4) is 0 Å². The quantitative estimate of drug-likeness (QED) is 0.579. The van der Waals surface area contributed by atoms with Crippen molar-refractivity contribution in [1.82, 2.24) is 4.98 Å². The average Bonchev–Trinajstić information content (AvgIpc) is 2.60. The Bertz CT molecular complexity index is 156. The molecule has 1 aliphatic carbocycles. The molecule has 1 aromatic heterocycles. The summed E-state index contributed by atoms with van der Waals surface area (Å²) in [5.41, 5.74) is 0. The second-order valence-electron chi connectivity index (χ2n) is 2.93. The normalized spacial score (nSPS) is 16.8. The maximum Gasteiger partial charge on any atom is 0.0930 e. The van der Waals surface area contributed by atoms with E-state index in [1.807, 2.05) is 18.2 Å². The van der Waals surface area contributed by atoms with Gasteiger partial charge in [0.15, 0.2) is 0 Å². The van der Waals surface area contributed by atoms with Crippen LogP contribution in [0.5, 0.6) is 0 Å². The van der Waals surface area contributed by atoms with E-state index in [2.05, 4.69) is 4.98 Å². The van der Waals surface area contributed by atoms with E-state index in [0.29, 0.717) is 0 Å². The molecule has 0 atom stereocenters. The smallest absolute Gasteiger partial charge is 0.0930 e. The third-order valence-electron chi connectivity index (χ3n) is 1.87. The highest BCUT2D eigenvalue weighted by Gasteiger charge is 2.11. The van der Waals surface area contributed by atoms with Crippen molar-refractivity contribution < 1.29 is 5.11 Å². The van der Waals surface area contributed by atoms with Gasteiger partial charge in [-0.05, 0) is 25.0 Å². The summed E-state index contributed by atoms with van der Waals surface area (Å²) in [6.45, 7) is 0. The summed E-state index contributed by atoms with van der Waals surface area (Å²) in [6, 6.07) is 5.72. The fraction of sp³-hybridized carbons (Fsp3) is 0.500. The fourth-order valence-corrected chi connectivity index (χ4v) is 1.20. The summed E-state index contributed by atoms with van der Waals surface area (Å²) in [5, 5.41) is 10.3. The SMILES string of the molecule is [O]C1CCCC1.c1ccncc1. The summed E-state index contributed by atoms with van der Waals surface area (Å²) < 4.78 is 0. The van der Waals surface area contributed by atoms with E-state index in [4.69, 9.17) is 0 Å². The average molecular weight is 164 g/mol. The lowest BCUT2D eigenvalue weighted by molar-refractivity contribution is 0.0956. The van der Waals surface area contributed by atoms with Crippen LogP contribution >= 0.6 is 0 Å². The summed E-state index contributed by atoms with van der Waals surface area (Å²) in [6.07, 6.45) is 7.51. The van der Waals surface area contributed by atoms with Crippen LogP contribution in [0.2, 0.25) is 0 Å². The number of hydrogen-bond donors (Lipinski definition) is 0. The minimum absolute atomic E-state index is 0.204. The van der Waals surface area contributed by atoms with Crippen LogP contribution in [0.25, 0.3) is 0 Å². The van der Waals surface area contributed by atoms with E-state index >= 15 is 0 Å². The lowest BCUT2D eigenvalue weighted by atomic mass is 10.3. The molecular formula is C10H14NO. The summed E-state index contributed by atoms with van der Waals surface area (Å²) in [5.74, 6) is 0. The highest BCUT2D eigenvalue weighted by atomic mass is 16.3. The number of nitrogens with zero attached hydrogens (tertiary/aromatic N) is 1. The zero-order valence-corrected chi connectivity index (χ0v) is 7.15. The van der Waals surface area contributed by atoms with Crippen molar-refractivity contribution in [2.24, 2.45) is 0 Å². The molecule has 65 valence electrons. The molecule has 1 heterocycles. The number of rotatable bonds is 0. The van der Waals surface area contributed by atoms with Gasteiger partial charge in [-0.1, -0.05) is 18.9 Å². The Morgan fingerprint density at radius 2 is 1.58 bits per heavy atom. The van der Waals surface area contributed by atoms with Gasteiger partial charge in [0.2, 0.25) is 0 Å². The van der Waals surface area contributed by atoms with Crippen LogP contribution in [0.15, 0.2) is 30.6 Å². The lowest BCUT2D eigenvalue weighted by Crippen LogP contribution is -1.91. The molecule has 0 aliphatic heterocycles. The highest BCUT2D eigenvalue weighted by molar-refractivity contribution is 4.88. The van der Waals surface area contributed by atoms with Gasteiger partial charge in [0, 0.05) is 12.4 Å². The molecule has 2 rings (SSSR count). The predicted octanol–water partition coefficient (Wildman–Crippen LogP) is 2.44. The third kappa shape index (κ3) is 4.09. The van der Waals surface area contributed by atoms with E-state index in [0.717, 1.165) is 12.8 Å². The standard InChI is InChI=1S/C5H5N.C5H9O/c1-2-4-6-5-3-1;6-5-3-1-2-4-5/h1-5H;5H,1-4H2. The van der Waals surface area contributed by atoms with Gasteiger partial charge in [0.05, 0.1) is 6.10 Å².